The molecule has 0 spiro atoms. The lowest BCUT2D eigenvalue weighted by molar-refractivity contribution is 0.0728. The highest BCUT2D eigenvalue weighted by Crippen LogP contribution is 2.26. The Balaban J connectivity index is 1.56. The largest absolute Gasteiger partial charge is 0.441 e. The summed E-state index contributed by atoms with van der Waals surface area (Å²) in [5.41, 5.74) is 3.37. The number of hydrogen-bond donors (Lipinski definition) is 0. The van der Waals surface area contributed by atoms with E-state index < -0.39 is 0 Å². The minimum Gasteiger partial charge on any atom is -0.441 e. The molecule has 0 saturated heterocycles. The van der Waals surface area contributed by atoms with Gasteiger partial charge in [0.15, 0.2) is 0 Å². The van der Waals surface area contributed by atoms with Gasteiger partial charge in [-0.25, -0.2) is 4.98 Å². The van der Waals surface area contributed by atoms with Gasteiger partial charge in [0, 0.05) is 50.7 Å². The summed E-state index contributed by atoms with van der Waals surface area (Å²) in [6, 6.07) is 11.4. The zero-order chi connectivity index (χ0) is 18.1. The molecule has 6 heteroatoms. The number of carbonyl (C=O) groups excluding carboxylic acids is 1. The van der Waals surface area contributed by atoms with Crippen LogP contribution < -0.4 is 4.90 Å². The molecule has 1 amide bonds. The molecule has 26 heavy (non-hydrogen) atoms. The van der Waals surface area contributed by atoms with Crippen molar-refractivity contribution in [3.8, 4) is 11.5 Å². The smallest absolute Gasteiger partial charge is 0.254 e. The highest BCUT2D eigenvalue weighted by atomic mass is 16.4. The summed E-state index contributed by atoms with van der Waals surface area (Å²) < 4.78 is 5.88. The molecular weight excluding hydrogens is 328 g/mol. The molecule has 0 bridgehead atoms. The highest BCUT2D eigenvalue weighted by Gasteiger charge is 2.26. The minimum atomic E-state index is 0.0188. The molecule has 0 unspecified atom stereocenters. The van der Waals surface area contributed by atoms with E-state index in [9.17, 15) is 4.79 Å². The fraction of sp³-hybridized carbons (Fsp3) is 0.250. The summed E-state index contributed by atoms with van der Waals surface area (Å²) in [5.74, 6) is 1.44. The number of aromatic nitrogens is 2. The van der Waals surface area contributed by atoms with Crippen LogP contribution in [0.3, 0.4) is 0 Å². The van der Waals surface area contributed by atoms with E-state index in [-0.39, 0.29) is 5.91 Å². The van der Waals surface area contributed by atoms with Crippen LogP contribution in [0.1, 0.15) is 21.8 Å². The second-order valence-corrected chi connectivity index (χ2v) is 6.55. The van der Waals surface area contributed by atoms with Crippen LogP contribution in [0.25, 0.3) is 11.5 Å². The Kier molecular flexibility index (Phi) is 4.16. The number of amides is 1. The summed E-state index contributed by atoms with van der Waals surface area (Å²) in [7, 11) is 3.93. The zero-order valence-corrected chi connectivity index (χ0v) is 14.8. The maximum Gasteiger partial charge on any atom is 0.254 e. The topological polar surface area (TPSA) is 62.5 Å². The first-order chi connectivity index (χ1) is 12.6. The van der Waals surface area contributed by atoms with Gasteiger partial charge in [-0.05, 0) is 30.3 Å². The first-order valence-electron chi connectivity index (χ1n) is 8.57. The second kappa shape index (κ2) is 6.63. The molecule has 0 saturated carbocycles. The number of anilines is 1. The third-order valence-electron chi connectivity index (χ3n) is 4.53. The number of oxazole rings is 1. The Morgan fingerprint density at radius 1 is 1.23 bits per heavy atom. The molecule has 0 atom stereocenters. The van der Waals surface area contributed by atoms with Gasteiger partial charge in [0.1, 0.15) is 11.5 Å². The van der Waals surface area contributed by atoms with Gasteiger partial charge in [-0.15, -0.1) is 0 Å². The van der Waals surface area contributed by atoms with Crippen LogP contribution in [0.5, 0.6) is 0 Å². The number of rotatable bonds is 3. The van der Waals surface area contributed by atoms with Gasteiger partial charge in [0.2, 0.25) is 5.89 Å². The Bertz CT molecular complexity index is 934. The molecule has 0 fully saturated rings. The normalized spacial score (nSPS) is 13.4. The van der Waals surface area contributed by atoms with Gasteiger partial charge in [0.05, 0.1) is 12.1 Å². The number of hydrogen-bond acceptors (Lipinski definition) is 5. The van der Waals surface area contributed by atoms with Crippen LogP contribution in [0.4, 0.5) is 5.69 Å². The first-order valence-corrected chi connectivity index (χ1v) is 8.57. The average molecular weight is 348 g/mol. The Labute approximate surface area is 152 Å². The van der Waals surface area contributed by atoms with Crippen LogP contribution in [0, 0.1) is 0 Å². The SMILES string of the molecule is CN(C)c1cccc(C(=O)N2CCc3oc(-c4cccnc4)nc3C2)c1. The fourth-order valence-corrected chi connectivity index (χ4v) is 3.08. The van der Waals surface area contributed by atoms with Crippen molar-refractivity contribution in [2.45, 2.75) is 13.0 Å². The lowest BCUT2D eigenvalue weighted by atomic mass is 10.1. The molecule has 1 aromatic carbocycles. The van der Waals surface area contributed by atoms with E-state index in [4.69, 9.17) is 4.42 Å². The van der Waals surface area contributed by atoms with E-state index in [0.717, 1.165) is 22.7 Å². The van der Waals surface area contributed by atoms with Crippen molar-refractivity contribution >= 4 is 11.6 Å². The van der Waals surface area contributed by atoms with E-state index in [1.807, 2.05) is 60.3 Å². The van der Waals surface area contributed by atoms with E-state index in [2.05, 4.69) is 9.97 Å². The van der Waals surface area contributed by atoms with Crippen molar-refractivity contribution in [3.05, 3.63) is 65.8 Å². The molecule has 0 radical (unpaired) electrons. The fourth-order valence-electron chi connectivity index (χ4n) is 3.08. The highest BCUT2D eigenvalue weighted by molar-refractivity contribution is 5.95. The quantitative estimate of drug-likeness (QED) is 0.728. The molecule has 1 aliphatic rings. The molecule has 132 valence electrons. The third-order valence-corrected chi connectivity index (χ3v) is 4.53. The summed E-state index contributed by atoms with van der Waals surface area (Å²) in [6.07, 6.45) is 4.11. The maximum absolute atomic E-state index is 12.9. The molecule has 4 rings (SSSR count). The molecule has 3 heterocycles. The van der Waals surface area contributed by atoms with Crippen LogP contribution >= 0.6 is 0 Å². The number of benzene rings is 1. The third kappa shape index (κ3) is 3.06. The van der Waals surface area contributed by atoms with Gasteiger partial charge in [-0.1, -0.05) is 6.07 Å². The molecular formula is C20H20N4O2. The number of fused-ring (bicyclic) bond motifs is 1. The first kappa shape index (κ1) is 16.3. The second-order valence-electron chi connectivity index (χ2n) is 6.55. The zero-order valence-electron chi connectivity index (χ0n) is 14.8. The number of nitrogens with zero attached hydrogens (tertiary/aromatic N) is 4. The number of pyridine rings is 1. The lowest BCUT2D eigenvalue weighted by Crippen LogP contribution is -2.35. The van der Waals surface area contributed by atoms with Gasteiger partial charge in [0.25, 0.3) is 5.91 Å². The summed E-state index contributed by atoms with van der Waals surface area (Å²) in [5, 5.41) is 0. The number of carbonyl (C=O) groups is 1. The van der Waals surface area contributed by atoms with Crippen molar-refractivity contribution in [1.29, 1.82) is 0 Å². The summed E-state index contributed by atoms with van der Waals surface area (Å²) >= 11 is 0. The Morgan fingerprint density at radius 2 is 2.12 bits per heavy atom. The minimum absolute atomic E-state index is 0.0188. The molecule has 2 aromatic heterocycles. The summed E-state index contributed by atoms with van der Waals surface area (Å²) in [6.45, 7) is 1.09. The standard InChI is InChI=1S/C20H20N4O2/c1-23(2)16-7-3-5-14(11-16)20(25)24-10-8-18-17(13-24)22-19(26-18)15-6-4-9-21-12-15/h3-7,9,11-12H,8,10,13H2,1-2H3. The van der Waals surface area contributed by atoms with Crippen molar-refractivity contribution < 1.29 is 9.21 Å². The van der Waals surface area contributed by atoms with E-state index >= 15 is 0 Å². The van der Waals surface area contributed by atoms with Gasteiger partial charge >= 0.3 is 0 Å². The van der Waals surface area contributed by atoms with Crippen LogP contribution in [0.2, 0.25) is 0 Å². The molecule has 1 aliphatic heterocycles. The van der Waals surface area contributed by atoms with Crippen molar-refractivity contribution in [2.75, 3.05) is 25.5 Å². The molecule has 6 nitrogen and oxygen atoms in total. The predicted molar refractivity (Wildman–Crippen MR) is 98.9 cm³/mol. The Morgan fingerprint density at radius 3 is 2.88 bits per heavy atom. The predicted octanol–water partition coefficient (Wildman–Crippen LogP) is 3.00. The van der Waals surface area contributed by atoms with Crippen LogP contribution in [-0.2, 0) is 13.0 Å². The van der Waals surface area contributed by atoms with E-state index in [1.165, 1.54) is 0 Å². The van der Waals surface area contributed by atoms with Gasteiger partial charge < -0.3 is 14.2 Å². The summed E-state index contributed by atoms with van der Waals surface area (Å²) in [4.78, 5) is 25.4. The average Bonchev–Trinajstić information content (AvgIpc) is 3.11. The van der Waals surface area contributed by atoms with Gasteiger partial charge in [-0.3, -0.25) is 9.78 Å². The lowest BCUT2D eigenvalue weighted by Gasteiger charge is -2.25. The van der Waals surface area contributed by atoms with Gasteiger partial charge in [-0.2, -0.15) is 0 Å². The van der Waals surface area contributed by atoms with Crippen LogP contribution in [-0.4, -0.2) is 41.4 Å². The maximum atomic E-state index is 12.9. The van der Waals surface area contributed by atoms with Crippen LogP contribution in [0.15, 0.2) is 53.2 Å². The molecule has 3 aromatic rings. The molecule has 0 N–H and O–H groups in total. The molecule has 0 aliphatic carbocycles. The van der Waals surface area contributed by atoms with Crippen molar-refractivity contribution in [3.63, 3.8) is 0 Å². The van der Waals surface area contributed by atoms with Crippen molar-refractivity contribution in [1.82, 2.24) is 14.9 Å². The monoisotopic (exact) mass is 348 g/mol. The van der Waals surface area contributed by atoms with E-state index in [1.54, 1.807) is 12.4 Å². The van der Waals surface area contributed by atoms with Crippen molar-refractivity contribution in [2.24, 2.45) is 0 Å². The van der Waals surface area contributed by atoms with E-state index in [0.29, 0.717) is 31.0 Å². The Hall–Kier alpha value is -3.15.